The van der Waals surface area contributed by atoms with Crippen LogP contribution in [0.4, 0.5) is 0 Å². The maximum Gasteiger partial charge on any atom is 0.227 e. The number of hydrogen-bond acceptors (Lipinski definition) is 3. The van der Waals surface area contributed by atoms with Crippen LogP contribution in [0.3, 0.4) is 0 Å². The van der Waals surface area contributed by atoms with Crippen molar-refractivity contribution < 1.29 is 9.53 Å². The summed E-state index contributed by atoms with van der Waals surface area (Å²) in [5, 5.41) is 0. The first-order chi connectivity index (χ1) is 6.95. The predicted octanol–water partition coefficient (Wildman–Crippen LogP) is 0.853. The summed E-state index contributed by atoms with van der Waals surface area (Å²) < 4.78 is 5.05. The Bertz CT molecular complexity index is 195. The Balaban J connectivity index is 4.46. The molecule has 0 fully saturated rings. The molecular formula is C11H24N2O2. The minimum atomic E-state index is -0.135. The quantitative estimate of drug-likeness (QED) is 0.716. The van der Waals surface area contributed by atoms with Crippen molar-refractivity contribution in [2.24, 2.45) is 11.7 Å². The zero-order valence-electron chi connectivity index (χ0n) is 10.5. The molecule has 0 aromatic carbocycles. The van der Waals surface area contributed by atoms with Crippen LogP contribution in [0, 0.1) is 5.92 Å². The molecule has 1 amide bonds. The topological polar surface area (TPSA) is 55.6 Å². The Hall–Kier alpha value is -0.610. The number of hydrogen-bond donors (Lipinski definition) is 1. The van der Waals surface area contributed by atoms with Crippen LogP contribution >= 0.6 is 0 Å². The number of rotatable bonds is 6. The Morgan fingerprint density at radius 2 is 1.93 bits per heavy atom. The lowest BCUT2D eigenvalue weighted by Gasteiger charge is -2.31. The van der Waals surface area contributed by atoms with E-state index in [1.54, 1.807) is 7.11 Å². The average Bonchev–Trinajstić information content (AvgIpc) is 2.17. The number of methoxy groups -OCH3 is 1. The van der Waals surface area contributed by atoms with Gasteiger partial charge >= 0.3 is 0 Å². The lowest BCUT2D eigenvalue weighted by molar-refractivity contribution is -0.138. The Kier molecular flexibility index (Phi) is 6.52. The highest BCUT2D eigenvalue weighted by Crippen LogP contribution is 2.09. The molecule has 0 heterocycles. The molecule has 3 atom stereocenters. The standard InChI is InChI=1S/C11H24N2O2/c1-6-13(8(2)7-15-5)11(14)9(3)10(4)12/h8-10H,6-7,12H2,1-5H3. The molecule has 0 rings (SSSR count). The van der Waals surface area contributed by atoms with E-state index in [1.165, 1.54) is 0 Å². The van der Waals surface area contributed by atoms with Crippen LogP contribution in [0.25, 0.3) is 0 Å². The van der Waals surface area contributed by atoms with E-state index in [2.05, 4.69) is 0 Å². The van der Waals surface area contributed by atoms with Gasteiger partial charge in [-0.05, 0) is 20.8 Å². The van der Waals surface area contributed by atoms with Crippen molar-refractivity contribution >= 4 is 5.91 Å². The van der Waals surface area contributed by atoms with Gasteiger partial charge in [0, 0.05) is 19.7 Å². The van der Waals surface area contributed by atoms with E-state index in [0.717, 1.165) is 0 Å². The summed E-state index contributed by atoms with van der Waals surface area (Å²) in [4.78, 5) is 13.8. The maximum atomic E-state index is 12.0. The van der Waals surface area contributed by atoms with Gasteiger partial charge in [0.25, 0.3) is 0 Å². The fourth-order valence-corrected chi connectivity index (χ4v) is 1.50. The molecule has 90 valence electrons. The Labute approximate surface area is 92.8 Å². The molecule has 4 nitrogen and oxygen atoms in total. The first kappa shape index (κ1) is 14.4. The fraction of sp³-hybridized carbons (Fsp3) is 0.909. The van der Waals surface area contributed by atoms with Crippen molar-refractivity contribution in [3.05, 3.63) is 0 Å². The minimum Gasteiger partial charge on any atom is -0.383 e. The summed E-state index contributed by atoms with van der Waals surface area (Å²) in [7, 11) is 1.64. The molecular weight excluding hydrogens is 192 g/mol. The maximum absolute atomic E-state index is 12.0. The SMILES string of the molecule is CCN(C(=O)C(C)C(C)N)C(C)COC. The molecule has 0 aromatic heterocycles. The van der Waals surface area contributed by atoms with Crippen molar-refractivity contribution in [2.45, 2.75) is 39.8 Å². The molecule has 0 spiro atoms. The van der Waals surface area contributed by atoms with Gasteiger partial charge in [0.2, 0.25) is 5.91 Å². The van der Waals surface area contributed by atoms with Crippen LogP contribution in [0.5, 0.6) is 0 Å². The molecule has 0 aliphatic heterocycles. The minimum absolute atomic E-state index is 0.105. The van der Waals surface area contributed by atoms with E-state index in [-0.39, 0.29) is 23.9 Å². The van der Waals surface area contributed by atoms with E-state index < -0.39 is 0 Å². The zero-order chi connectivity index (χ0) is 12.0. The smallest absolute Gasteiger partial charge is 0.227 e. The number of nitrogens with zero attached hydrogens (tertiary/aromatic N) is 1. The molecule has 0 saturated carbocycles. The third-order valence-electron chi connectivity index (χ3n) is 2.74. The molecule has 0 radical (unpaired) electrons. The predicted molar refractivity (Wildman–Crippen MR) is 61.5 cm³/mol. The molecule has 0 aromatic rings. The van der Waals surface area contributed by atoms with Crippen LogP contribution in [-0.2, 0) is 9.53 Å². The van der Waals surface area contributed by atoms with E-state index in [0.29, 0.717) is 13.2 Å². The van der Waals surface area contributed by atoms with Crippen LogP contribution in [-0.4, -0.2) is 43.2 Å². The van der Waals surface area contributed by atoms with Gasteiger partial charge in [-0.3, -0.25) is 4.79 Å². The van der Waals surface area contributed by atoms with Crippen molar-refractivity contribution in [3.63, 3.8) is 0 Å². The number of carbonyl (C=O) groups is 1. The van der Waals surface area contributed by atoms with Crippen LogP contribution < -0.4 is 5.73 Å². The average molecular weight is 216 g/mol. The number of nitrogens with two attached hydrogens (primary N) is 1. The van der Waals surface area contributed by atoms with Crippen molar-refractivity contribution in [2.75, 3.05) is 20.3 Å². The molecule has 0 bridgehead atoms. The summed E-state index contributed by atoms with van der Waals surface area (Å²) in [5.41, 5.74) is 5.72. The fourth-order valence-electron chi connectivity index (χ4n) is 1.50. The third-order valence-corrected chi connectivity index (χ3v) is 2.74. The second kappa shape index (κ2) is 6.80. The van der Waals surface area contributed by atoms with Gasteiger partial charge in [-0.15, -0.1) is 0 Å². The molecule has 4 heteroatoms. The summed E-state index contributed by atoms with van der Waals surface area (Å²) in [6.07, 6.45) is 0. The van der Waals surface area contributed by atoms with E-state index in [1.807, 2.05) is 32.6 Å². The van der Waals surface area contributed by atoms with Crippen LogP contribution in [0.1, 0.15) is 27.7 Å². The van der Waals surface area contributed by atoms with Gasteiger partial charge in [0.05, 0.1) is 18.6 Å². The van der Waals surface area contributed by atoms with Gasteiger partial charge in [-0.25, -0.2) is 0 Å². The second-order valence-electron chi connectivity index (χ2n) is 4.08. The summed E-state index contributed by atoms with van der Waals surface area (Å²) in [6.45, 7) is 8.94. The first-order valence-electron chi connectivity index (χ1n) is 5.50. The third kappa shape index (κ3) is 4.18. The zero-order valence-corrected chi connectivity index (χ0v) is 10.5. The van der Waals surface area contributed by atoms with Gasteiger partial charge in [0.1, 0.15) is 0 Å². The highest BCUT2D eigenvalue weighted by molar-refractivity contribution is 5.79. The van der Waals surface area contributed by atoms with Crippen molar-refractivity contribution in [3.8, 4) is 0 Å². The van der Waals surface area contributed by atoms with E-state index >= 15 is 0 Å². The highest BCUT2D eigenvalue weighted by atomic mass is 16.5. The molecule has 15 heavy (non-hydrogen) atoms. The molecule has 3 unspecified atom stereocenters. The lowest BCUT2D eigenvalue weighted by atomic mass is 10.0. The Morgan fingerprint density at radius 3 is 2.27 bits per heavy atom. The normalized spacial score (nSPS) is 16.9. The molecule has 0 saturated heterocycles. The number of ether oxygens (including phenoxy) is 1. The van der Waals surface area contributed by atoms with E-state index in [9.17, 15) is 4.79 Å². The number of amides is 1. The van der Waals surface area contributed by atoms with Gasteiger partial charge in [0.15, 0.2) is 0 Å². The van der Waals surface area contributed by atoms with Gasteiger partial charge in [-0.2, -0.15) is 0 Å². The van der Waals surface area contributed by atoms with E-state index in [4.69, 9.17) is 10.5 Å². The van der Waals surface area contributed by atoms with Gasteiger partial charge < -0.3 is 15.4 Å². The number of carbonyl (C=O) groups excluding carboxylic acids is 1. The molecule has 0 aliphatic carbocycles. The summed E-state index contributed by atoms with van der Waals surface area (Å²) in [5.74, 6) is -0.0266. The van der Waals surface area contributed by atoms with Crippen molar-refractivity contribution in [1.29, 1.82) is 0 Å². The summed E-state index contributed by atoms with van der Waals surface area (Å²) >= 11 is 0. The second-order valence-corrected chi connectivity index (χ2v) is 4.08. The largest absolute Gasteiger partial charge is 0.383 e. The Morgan fingerprint density at radius 1 is 1.40 bits per heavy atom. The van der Waals surface area contributed by atoms with Crippen LogP contribution in [0.15, 0.2) is 0 Å². The molecule has 2 N–H and O–H groups in total. The monoisotopic (exact) mass is 216 g/mol. The van der Waals surface area contributed by atoms with Crippen molar-refractivity contribution in [1.82, 2.24) is 4.90 Å². The molecule has 0 aliphatic rings. The first-order valence-corrected chi connectivity index (χ1v) is 5.50. The van der Waals surface area contributed by atoms with Gasteiger partial charge in [-0.1, -0.05) is 6.92 Å². The summed E-state index contributed by atoms with van der Waals surface area (Å²) in [6, 6.07) is -0.00463. The lowest BCUT2D eigenvalue weighted by Crippen LogP contribution is -2.47. The van der Waals surface area contributed by atoms with Crippen LogP contribution in [0.2, 0.25) is 0 Å². The highest BCUT2D eigenvalue weighted by Gasteiger charge is 2.25. The number of likely N-dealkylation sites (N-methyl/N-ethyl adjacent to an activating group) is 1.